The normalized spacial score (nSPS) is 17.3. The number of carboxylic acid groups (broad SMARTS) is 1. The molecule has 0 unspecified atom stereocenters. The van der Waals surface area contributed by atoms with Crippen LogP contribution in [0.15, 0.2) is 30.3 Å². The highest BCUT2D eigenvalue weighted by Crippen LogP contribution is 2.20. The number of aliphatic carboxylic acids is 1. The van der Waals surface area contributed by atoms with E-state index in [1.807, 2.05) is 0 Å². The summed E-state index contributed by atoms with van der Waals surface area (Å²) in [6.07, 6.45) is 2.20. The van der Waals surface area contributed by atoms with Crippen LogP contribution in [0.25, 0.3) is 0 Å². The standard InChI is InChI=1S/C18H28N2O2/c1-15(2)20(12-16-6-4-3-5-7-16)13-17-8-10-19(11-9-17)14-18(21)22/h3-7,15,17H,8-14H2,1-2H3,(H,21,22). The lowest BCUT2D eigenvalue weighted by Crippen LogP contribution is -2.42. The Kier molecular flexibility index (Phi) is 6.40. The number of hydrogen-bond acceptors (Lipinski definition) is 3. The second-order valence-corrected chi connectivity index (χ2v) is 6.62. The van der Waals surface area contributed by atoms with Crippen LogP contribution in [0, 0.1) is 5.92 Å². The van der Waals surface area contributed by atoms with Crippen molar-refractivity contribution < 1.29 is 9.90 Å². The first kappa shape index (κ1) is 17.0. The van der Waals surface area contributed by atoms with Crippen molar-refractivity contribution in [3.8, 4) is 0 Å². The number of carbonyl (C=O) groups is 1. The van der Waals surface area contributed by atoms with E-state index in [1.54, 1.807) is 0 Å². The zero-order chi connectivity index (χ0) is 15.9. The SMILES string of the molecule is CC(C)N(Cc1ccccc1)CC1CCN(CC(=O)O)CC1. The molecule has 0 aromatic heterocycles. The van der Waals surface area contributed by atoms with E-state index in [0.717, 1.165) is 39.0 Å². The van der Waals surface area contributed by atoms with Crippen molar-refractivity contribution in [2.45, 2.75) is 39.3 Å². The van der Waals surface area contributed by atoms with Gasteiger partial charge in [0.1, 0.15) is 0 Å². The maximum absolute atomic E-state index is 10.8. The van der Waals surface area contributed by atoms with Gasteiger partial charge in [-0.3, -0.25) is 14.6 Å². The second kappa shape index (κ2) is 8.30. The predicted molar refractivity (Wildman–Crippen MR) is 88.8 cm³/mol. The first-order chi connectivity index (χ1) is 10.5. The van der Waals surface area contributed by atoms with Crippen LogP contribution in [0.1, 0.15) is 32.3 Å². The van der Waals surface area contributed by atoms with Gasteiger partial charge in [0.15, 0.2) is 0 Å². The molecule has 0 aliphatic carbocycles. The van der Waals surface area contributed by atoms with Crippen LogP contribution in [-0.2, 0) is 11.3 Å². The summed E-state index contributed by atoms with van der Waals surface area (Å²) in [5.41, 5.74) is 1.36. The van der Waals surface area contributed by atoms with E-state index in [2.05, 4.69) is 54.0 Å². The Hall–Kier alpha value is -1.39. The van der Waals surface area contributed by atoms with Gasteiger partial charge in [0.05, 0.1) is 6.54 Å². The van der Waals surface area contributed by atoms with Gasteiger partial charge in [-0.15, -0.1) is 0 Å². The van der Waals surface area contributed by atoms with Gasteiger partial charge in [0.2, 0.25) is 0 Å². The molecule has 1 fully saturated rings. The molecule has 0 atom stereocenters. The number of piperidine rings is 1. The van der Waals surface area contributed by atoms with E-state index in [9.17, 15) is 4.79 Å². The third-order valence-corrected chi connectivity index (χ3v) is 4.52. The summed E-state index contributed by atoms with van der Waals surface area (Å²) in [5.74, 6) is -0.0394. The van der Waals surface area contributed by atoms with Gasteiger partial charge in [-0.25, -0.2) is 0 Å². The highest BCUT2D eigenvalue weighted by Gasteiger charge is 2.23. The number of likely N-dealkylation sites (tertiary alicyclic amines) is 1. The molecule has 4 heteroatoms. The average Bonchev–Trinajstić information content (AvgIpc) is 2.49. The number of hydrogen-bond donors (Lipinski definition) is 1. The molecule has 22 heavy (non-hydrogen) atoms. The molecule has 1 aliphatic heterocycles. The van der Waals surface area contributed by atoms with Gasteiger partial charge in [-0.2, -0.15) is 0 Å². The minimum atomic E-state index is -0.716. The third-order valence-electron chi connectivity index (χ3n) is 4.52. The van der Waals surface area contributed by atoms with Gasteiger partial charge in [0.25, 0.3) is 0 Å². The van der Waals surface area contributed by atoms with Crippen molar-refractivity contribution in [1.82, 2.24) is 9.80 Å². The van der Waals surface area contributed by atoms with Crippen molar-refractivity contribution in [3.63, 3.8) is 0 Å². The largest absolute Gasteiger partial charge is 0.480 e. The smallest absolute Gasteiger partial charge is 0.317 e. The first-order valence-corrected chi connectivity index (χ1v) is 8.26. The molecule has 1 aromatic carbocycles. The summed E-state index contributed by atoms with van der Waals surface area (Å²) in [7, 11) is 0. The highest BCUT2D eigenvalue weighted by molar-refractivity contribution is 5.69. The van der Waals surface area contributed by atoms with Crippen LogP contribution in [0.2, 0.25) is 0 Å². The van der Waals surface area contributed by atoms with Crippen molar-refractivity contribution >= 4 is 5.97 Å². The monoisotopic (exact) mass is 304 g/mol. The molecule has 0 bridgehead atoms. The van der Waals surface area contributed by atoms with E-state index in [0.29, 0.717) is 12.0 Å². The first-order valence-electron chi connectivity index (χ1n) is 8.26. The number of carboxylic acids is 1. The molecular formula is C18H28N2O2. The van der Waals surface area contributed by atoms with Gasteiger partial charge in [0, 0.05) is 19.1 Å². The van der Waals surface area contributed by atoms with Crippen LogP contribution in [-0.4, -0.2) is 53.1 Å². The molecule has 1 aromatic rings. The molecule has 1 aliphatic rings. The summed E-state index contributed by atoms with van der Waals surface area (Å²) < 4.78 is 0. The Bertz CT molecular complexity index is 453. The van der Waals surface area contributed by atoms with Crippen LogP contribution >= 0.6 is 0 Å². The summed E-state index contributed by atoms with van der Waals surface area (Å²) in [6.45, 7) is 8.61. The van der Waals surface area contributed by atoms with Gasteiger partial charge in [-0.1, -0.05) is 30.3 Å². The molecule has 122 valence electrons. The second-order valence-electron chi connectivity index (χ2n) is 6.62. The zero-order valence-electron chi connectivity index (χ0n) is 13.7. The summed E-state index contributed by atoms with van der Waals surface area (Å²) >= 11 is 0. The number of nitrogens with zero attached hydrogens (tertiary/aromatic N) is 2. The molecule has 0 saturated carbocycles. The molecule has 0 amide bonds. The van der Waals surface area contributed by atoms with E-state index < -0.39 is 5.97 Å². The van der Waals surface area contributed by atoms with Crippen LogP contribution < -0.4 is 0 Å². The molecule has 2 rings (SSSR count). The third kappa shape index (κ3) is 5.43. The van der Waals surface area contributed by atoms with Crippen LogP contribution in [0.4, 0.5) is 0 Å². The predicted octanol–water partition coefficient (Wildman–Crippen LogP) is 2.69. The molecule has 0 spiro atoms. The van der Waals surface area contributed by atoms with Crippen molar-refractivity contribution in [2.75, 3.05) is 26.2 Å². The Morgan fingerprint density at radius 1 is 1.27 bits per heavy atom. The Morgan fingerprint density at radius 2 is 1.91 bits per heavy atom. The lowest BCUT2D eigenvalue weighted by Gasteiger charge is -2.35. The average molecular weight is 304 g/mol. The maximum Gasteiger partial charge on any atom is 0.317 e. The number of benzene rings is 1. The highest BCUT2D eigenvalue weighted by atomic mass is 16.4. The molecular weight excluding hydrogens is 276 g/mol. The van der Waals surface area contributed by atoms with E-state index in [4.69, 9.17) is 5.11 Å². The molecule has 0 radical (unpaired) electrons. The maximum atomic E-state index is 10.8. The lowest BCUT2D eigenvalue weighted by atomic mass is 9.95. The molecule has 4 nitrogen and oxygen atoms in total. The zero-order valence-corrected chi connectivity index (χ0v) is 13.7. The Labute approximate surface area is 133 Å². The van der Waals surface area contributed by atoms with Gasteiger partial charge < -0.3 is 5.11 Å². The van der Waals surface area contributed by atoms with Crippen molar-refractivity contribution in [2.24, 2.45) is 5.92 Å². The van der Waals surface area contributed by atoms with Crippen molar-refractivity contribution in [3.05, 3.63) is 35.9 Å². The summed E-state index contributed by atoms with van der Waals surface area (Å²) in [5, 5.41) is 8.86. The minimum absolute atomic E-state index is 0.185. The van der Waals surface area contributed by atoms with E-state index in [1.165, 1.54) is 5.56 Å². The summed E-state index contributed by atoms with van der Waals surface area (Å²) in [4.78, 5) is 15.4. The molecule has 1 heterocycles. The Morgan fingerprint density at radius 3 is 2.45 bits per heavy atom. The van der Waals surface area contributed by atoms with E-state index >= 15 is 0 Å². The minimum Gasteiger partial charge on any atom is -0.480 e. The lowest BCUT2D eigenvalue weighted by molar-refractivity contribution is -0.138. The van der Waals surface area contributed by atoms with Gasteiger partial charge in [-0.05, 0) is 51.3 Å². The number of rotatable bonds is 7. The Balaban J connectivity index is 1.83. The van der Waals surface area contributed by atoms with E-state index in [-0.39, 0.29) is 6.54 Å². The fourth-order valence-corrected chi connectivity index (χ4v) is 3.13. The van der Waals surface area contributed by atoms with Crippen LogP contribution in [0.3, 0.4) is 0 Å². The van der Waals surface area contributed by atoms with Crippen molar-refractivity contribution in [1.29, 1.82) is 0 Å². The molecule has 1 saturated heterocycles. The fourth-order valence-electron chi connectivity index (χ4n) is 3.13. The summed E-state index contributed by atoms with van der Waals surface area (Å²) in [6, 6.07) is 11.1. The van der Waals surface area contributed by atoms with Gasteiger partial charge >= 0.3 is 5.97 Å². The topological polar surface area (TPSA) is 43.8 Å². The fraction of sp³-hybridized carbons (Fsp3) is 0.611. The molecule has 1 N–H and O–H groups in total. The quantitative estimate of drug-likeness (QED) is 0.841. The van der Waals surface area contributed by atoms with Crippen LogP contribution in [0.5, 0.6) is 0 Å².